The Balaban J connectivity index is 4.97. The van der Waals surface area contributed by atoms with E-state index in [0.29, 0.717) is 18.6 Å². The molecule has 19 heavy (non-hydrogen) atoms. The number of ether oxygens (including phenoxy) is 1. The Morgan fingerprint density at radius 2 is 2.00 bits per heavy atom. The summed E-state index contributed by atoms with van der Waals surface area (Å²) in [5.41, 5.74) is 0.577. The Kier molecular flexibility index (Phi) is 8.90. The number of hydrogen-bond donors (Lipinski definition) is 0. The number of esters is 1. The van der Waals surface area contributed by atoms with Gasteiger partial charge >= 0.3 is 12.0 Å². The predicted molar refractivity (Wildman–Crippen MR) is 78.3 cm³/mol. The maximum atomic E-state index is 11.3. The monoisotopic (exact) mass is 326 g/mol. The molecule has 0 bridgehead atoms. The van der Waals surface area contributed by atoms with E-state index < -0.39 is 6.07 Å². The van der Waals surface area contributed by atoms with Gasteiger partial charge in [0, 0.05) is 28.9 Å². The van der Waals surface area contributed by atoms with Gasteiger partial charge in [-0.05, 0) is 31.9 Å². The van der Waals surface area contributed by atoms with Gasteiger partial charge in [0.1, 0.15) is 5.76 Å². The fourth-order valence-corrected chi connectivity index (χ4v) is 2.11. The molecule has 0 unspecified atom stereocenters. The van der Waals surface area contributed by atoms with E-state index in [1.165, 1.54) is 6.08 Å². The van der Waals surface area contributed by atoms with Crippen LogP contribution in [0.5, 0.6) is 0 Å². The van der Waals surface area contributed by atoms with Crippen LogP contribution in [0, 0.1) is 0 Å². The molecule has 0 saturated heterocycles. The first kappa shape index (κ1) is 18.3. The highest BCUT2D eigenvalue weighted by Gasteiger charge is 2.18. The molecule has 4 nitrogen and oxygen atoms in total. The third kappa shape index (κ3) is 8.93. The van der Waals surface area contributed by atoms with Gasteiger partial charge in [-0.3, -0.25) is 4.79 Å². The summed E-state index contributed by atoms with van der Waals surface area (Å²) in [6.07, 6.45) is 1.51. The number of carbonyl (C=O) groups is 1. The highest BCUT2D eigenvalue weighted by molar-refractivity contribution is 8.05. The third-order valence-electron chi connectivity index (χ3n) is 1.99. The lowest BCUT2D eigenvalue weighted by molar-refractivity contribution is -0.143. The van der Waals surface area contributed by atoms with Crippen LogP contribution >= 0.6 is 28.6 Å². The fourth-order valence-electron chi connectivity index (χ4n) is 1.26. The summed E-state index contributed by atoms with van der Waals surface area (Å²) in [5, 5.41) is 0. The van der Waals surface area contributed by atoms with Crippen molar-refractivity contribution in [2.75, 3.05) is 6.61 Å². The van der Waals surface area contributed by atoms with Crippen LogP contribution < -0.4 is 0 Å². The van der Waals surface area contributed by atoms with E-state index in [4.69, 9.17) is 31.7 Å². The lowest BCUT2D eigenvalue weighted by Crippen LogP contribution is -2.04. The smallest absolute Gasteiger partial charge is 0.428 e. The minimum Gasteiger partial charge on any atom is -0.466 e. The topological polar surface area (TPSA) is 52.6 Å². The summed E-state index contributed by atoms with van der Waals surface area (Å²) >= 11 is 10.8. The van der Waals surface area contributed by atoms with Gasteiger partial charge in [0.15, 0.2) is 0 Å². The lowest BCUT2D eigenvalue weighted by atomic mass is 10.1. The van der Waals surface area contributed by atoms with E-state index in [1.54, 1.807) is 26.0 Å². The molecule has 0 aromatic heterocycles. The quantitative estimate of drug-likeness (QED) is 0.274. The summed E-state index contributed by atoms with van der Waals surface area (Å²) in [5.74, 6) is -0.100. The van der Waals surface area contributed by atoms with Crippen molar-refractivity contribution in [1.29, 1.82) is 0 Å². The molecule has 108 valence electrons. The number of carbonyl (C=O) groups excluding carboxylic acids is 1. The minimum absolute atomic E-state index is 0.161. The van der Waals surface area contributed by atoms with Crippen molar-refractivity contribution in [3.63, 3.8) is 0 Å². The molecular formula is C12H17Cl2O4P. The molecule has 0 aromatic rings. The van der Waals surface area contributed by atoms with Gasteiger partial charge in [-0.1, -0.05) is 18.7 Å². The van der Waals surface area contributed by atoms with E-state index in [0.717, 1.165) is 0 Å². The van der Waals surface area contributed by atoms with Crippen LogP contribution in [0.4, 0.5) is 0 Å². The maximum Gasteiger partial charge on any atom is 0.428 e. The predicted octanol–water partition coefficient (Wildman–Crippen LogP) is 4.95. The zero-order chi connectivity index (χ0) is 14.9. The highest BCUT2D eigenvalue weighted by Crippen LogP contribution is 2.59. The molecule has 0 heterocycles. The summed E-state index contributed by atoms with van der Waals surface area (Å²) in [7, 11) is 0. The first-order chi connectivity index (χ1) is 8.84. The first-order valence-electron chi connectivity index (χ1n) is 5.66. The summed E-state index contributed by atoms with van der Waals surface area (Å²) in [4.78, 5) is 11.3. The Labute approximate surface area is 123 Å². The molecule has 7 heteroatoms. The van der Waals surface area contributed by atoms with Crippen LogP contribution in [0.1, 0.15) is 26.7 Å². The first-order valence-corrected chi connectivity index (χ1v) is 9.10. The molecule has 0 N–H and O–H groups in total. The molecule has 0 rings (SSSR count). The van der Waals surface area contributed by atoms with Crippen LogP contribution in [-0.4, -0.2) is 12.6 Å². The highest BCUT2D eigenvalue weighted by atomic mass is 35.9. The van der Waals surface area contributed by atoms with Crippen LogP contribution in [0.2, 0.25) is 0 Å². The largest absolute Gasteiger partial charge is 0.466 e. The minimum atomic E-state index is -3.71. The van der Waals surface area contributed by atoms with Crippen LogP contribution in [0.25, 0.3) is 0 Å². The van der Waals surface area contributed by atoms with Crippen LogP contribution in [0.15, 0.2) is 36.1 Å². The van der Waals surface area contributed by atoms with Gasteiger partial charge in [-0.2, -0.15) is 0 Å². The molecule has 0 aliphatic carbocycles. The van der Waals surface area contributed by atoms with Gasteiger partial charge in [0.25, 0.3) is 0 Å². The number of halogens is 2. The zero-order valence-corrected chi connectivity index (χ0v) is 13.3. The lowest BCUT2D eigenvalue weighted by Gasteiger charge is -2.11. The molecule has 0 amide bonds. The van der Waals surface area contributed by atoms with E-state index in [9.17, 15) is 9.36 Å². The van der Waals surface area contributed by atoms with E-state index in [2.05, 4.69) is 6.58 Å². The van der Waals surface area contributed by atoms with Crippen LogP contribution in [-0.2, 0) is 18.6 Å². The average Bonchev–Trinajstić information content (AvgIpc) is 2.28. The van der Waals surface area contributed by atoms with Gasteiger partial charge in [-0.25, -0.2) is 4.57 Å². The van der Waals surface area contributed by atoms with E-state index in [1.807, 2.05) is 0 Å². The van der Waals surface area contributed by atoms with Gasteiger partial charge in [0.05, 0.1) is 6.61 Å². The number of rotatable bonds is 8. The van der Waals surface area contributed by atoms with Crippen molar-refractivity contribution >= 4 is 34.5 Å². The second-order valence-electron chi connectivity index (χ2n) is 3.40. The molecule has 0 aliphatic heterocycles. The Hall–Kier alpha value is -0.700. The Morgan fingerprint density at radius 3 is 2.42 bits per heavy atom. The van der Waals surface area contributed by atoms with Gasteiger partial charge in [-0.15, -0.1) is 0 Å². The fraction of sp³-hybridized carbons (Fsp3) is 0.417. The summed E-state index contributed by atoms with van der Waals surface area (Å²) in [6.45, 7) is 7.42. The standard InChI is InChI=1S/C12H17Cl2O4P/c1-4-7-11(18-19(13,14)16)10(5-2)8-9-12(15)17-6-3/h4-5,7H,2,6,8-9H2,1,3H3/b7-4-,11-10-. The van der Waals surface area contributed by atoms with Crippen molar-refractivity contribution in [2.45, 2.75) is 26.7 Å². The average molecular weight is 327 g/mol. The maximum absolute atomic E-state index is 11.3. The SMILES string of the molecule is C=C/C(CCC(=O)OCC)=C(\C=C/C)OP(=O)(Cl)Cl. The molecule has 0 fully saturated rings. The molecule has 0 aromatic carbocycles. The van der Waals surface area contributed by atoms with Crippen molar-refractivity contribution in [2.24, 2.45) is 0 Å². The van der Waals surface area contributed by atoms with Crippen molar-refractivity contribution < 1.29 is 18.6 Å². The second-order valence-corrected chi connectivity index (χ2v) is 7.61. The normalized spacial score (nSPS) is 13.1. The van der Waals surface area contributed by atoms with E-state index in [-0.39, 0.29) is 18.1 Å². The summed E-state index contributed by atoms with van der Waals surface area (Å²) < 4.78 is 21.1. The Morgan fingerprint density at radius 1 is 1.37 bits per heavy atom. The number of allylic oxidation sites excluding steroid dienone is 4. The van der Waals surface area contributed by atoms with Crippen molar-refractivity contribution in [3.05, 3.63) is 36.1 Å². The molecule has 0 aliphatic rings. The van der Waals surface area contributed by atoms with Crippen molar-refractivity contribution in [1.82, 2.24) is 0 Å². The number of hydrogen-bond acceptors (Lipinski definition) is 4. The molecule has 0 atom stereocenters. The summed E-state index contributed by atoms with van der Waals surface area (Å²) in [6, 6.07) is 0. The van der Waals surface area contributed by atoms with E-state index >= 15 is 0 Å². The van der Waals surface area contributed by atoms with Crippen molar-refractivity contribution in [3.8, 4) is 0 Å². The molecule has 0 saturated carbocycles. The zero-order valence-electron chi connectivity index (χ0n) is 10.9. The molecular weight excluding hydrogens is 310 g/mol. The molecule has 0 spiro atoms. The van der Waals surface area contributed by atoms with Gasteiger partial charge in [0.2, 0.25) is 0 Å². The second kappa shape index (κ2) is 9.24. The molecule has 0 radical (unpaired) electrons. The Bertz CT molecular complexity index is 423. The van der Waals surface area contributed by atoms with Crippen LogP contribution in [0.3, 0.4) is 0 Å². The van der Waals surface area contributed by atoms with Gasteiger partial charge < -0.3 is 9.26 Å². The third-order valence-corrected chi connectivity index (χ3v) is 2.81.